The zero-order valence-corrected chi connectivity index (χ0v) is 9.76. The second kappa shape index (κ2) is 5.46. The lowest BCUT2D eigenvalue weighted by Gasteiger charge is -2.07. The second-order valence-corrected chi connectivity index (χ2v) is 3.73. The van der Waals surface area contributed by atoms with Crippen LogP contribution >= 0.6 is 0 Å². The summed E-state index contributed by atoms with van der Waals surface area (Å²) in [5.41, 5.74) is 2.89. The van der Waals surface area contributed by atoms with Gasteiger partial charge < -0.3 is 9.84 Å². The topological polar surface area (TPSA) is 42.4 Å². The van der Waals surface area contributed by atoms with Crippen LogP contribution in [0.3, 0.4) is 0 Å². The molecular formula is C14H15NO2. The molecule has 0 atom stereocenters. The number of aliphatic hydroxyl groups is 1. The van der Waals surface area contributed by atoms with Crippen molar-refractivity contribution in [1.82, 2.24) is 4.98 Å². The Kier molecular flexibility index (Phi) is 3.73. The number of hydrogen-bond acceptors (Lipinski definition) is 3. The Balaban J connectivity index is 2.33. The third kappa shape index (κ3) is 2.63. The minimum atomic E-state index is 0.148. The molecule has 1 N–H and O–H groups in total. The molecule has 0 unspecified atom stereocenters. The van der Waals surface area contributed by atoms with Gasteiger partial charge in [-0.1, -0.05) is 18.2 Å². The third-order valence-corrected chi connectivity index (χ3v) is 2.61. The van der Waals surface area contributed by atoms with E-state index >= 15 is 0 Å². The highest BCUT2D eigenvalue weighted by molar-refractivity contribution is 5.66. The fourth-order valence-corrected chi connectivity index (χ4v) is 1.72. The predicted molar refractivity (Wildman–Crippen MR) is 67.0 cm³/mol. The number of methoxy groups -OCH3 is 1. The van der Waals surface area contributed by atoms with Crippen molar-refractivity contribution in [3.8, 4) is 17.0 Å². The molecule has 0 fully saturated rings. The molecule has 17 heavy (non-hydrogen) atoms. The predicted octanol–water partition coefficient (Wildman–Crippen LogP) is 2.29. The molecule has 0 saturated heterocycles. The van der Waals surface area contributed by atoms with Gasteiger partial charge in [0.1, 0.15) is 5.75 Å². The number of nitrogens with zero attached hydrogens (tertiary/aromatic N) is 1. The van der Waals surface area contributed by atoms with Gasteiger partial charge in [0.05, 0.1) is 12.8 Å². The number of aliphatic hydroxyl groups excluding tert-OH is 1. The monoisotopic (exact) mass is 229 g/mol. The second-order valence-electron chi connectivity index (χ2n) is 3.73. The normalized spacial score (nSPS) is 10.2. The number of aromatic nitrogens is 1. The fourth-order valence-electron chi connectivity index (χ4n) is 1.72. The molecule has 0 aliphatic rings. The first kappa shape index (κ1) is 11.6. The van der Waals surface area contributed by atoms with Crippen LogP contribution in [-0.2, 0) is 6.42 Å². The summed E-state index contributed by atoms with van der Waals surface area (Å²) in [5.74, 6) is 0.815. The number of ether oxygens (including phenoxy) is 1. The van der Waals surface area contributed by atoms with Crippen LogP contribution in [0.5, 0.6) is 5.75 Å². The number of hydrogen-bond donors (Lipinski definition) is 1. The average Bonchev–Trinajstić information content (AvgIpc) is 2.40. The number of benzene rings is 1. The van der Waals surface area contributed by atoms with Gasteiger partial charge in [0.25, 0.3) is 0 Å². The maximum atomic E-state index is 8.84. The zero-order chi connectivity index (χ0) is 12.1. The van der Waals surface area contributed by atoms with E-state index < -0.39 is 0 Å². The SMILES string of the molecule is COc1ccccc1-c1ccc(CCO)cn1. The Bertz CT molecular complexity index is 480. The van der Waals surface area contributed by atoms with E-state index in [1.807, 2.05) is 36.4 Å². The number of rotatable bonds is 4. The van der Waals surface area contributed by atoms with Crippen molar-refractivity contribution in [2.75, 3.05) is 13.7 Å². The lowest BCUT2D eigenvalue weighted by atomic mass is 10.1. The summed E-state index contributed by atoms with van der Waals surface area (Å²) in [7, 11) is 1.65. The van der Waals surface area contributed by atoms with Crippen LogP contribution in [0.15, 0.2) is 42.6 Å². The van der Waals surface area contributed by atoms with E-state index in [0.29, 0.717) is 6.42 Å². The molecule has 2 aromatic rings. The molecule has 0 saturated carbocycles. The summed E-state index contributed by atoms with van der Waals surface area (Å²) in [6.07, 6.45) is 2.43. The highest BCUT2D eigenvalue weighted by Gasteiger charge is 2.05. The van der Waals surface area contributed by atoms with Crippen LogP contribution in [0.1, 0.15) is 5.56 Å². The summed E-state index contributed by atoms with van der Waals surface area (Å²) >= 11 is 0. The van der Waals surface area contributed by atoms with E-state index in [1.54, 1.807) is 13.3 Å². The molecule has 0 aliphatic heterocycles. The summed E-state index contributed by atoms with van der Waals surface area (Å²) in [6, 6.07) is 11.7. The average molecular weight is 229 g/mol. The van der Waals surface area contributed by atoms with Crippen LogP contribution < -0.4 is 4.74 Å². The van der Waals surface area contributed by atoms with Crippen molar-refractivity contribution in [2.24, 2.45) is 0 Å². The maximum Gasteiger partial charge on any atom is 0.128 e. The van der Waals surface area contributed by atoms with Crippen LogP contribution in [0.4, 0.5) is 0 Å². The van der Waals surface area contributed by atoms with E-state index in [0.717, 1.165) is 22.6 Å². The molecule has 0 radical (unpaired) electrons. The van der Waals surface area contributed by atoms with Crippen LogP contribution in [0.2, 0.25) is 0 Å². The maximum absolute atomic E-state index is 8.84. The van der Waals surface area contributed by atoms with E-state index in [2.05, 4.69) is 4.98 Å². The molecule has 0 bridgehead atoms. The molecule has 3 nitrogen and oxygen atoms in total. The standard InChI is InChI=1S/C14H15NO2/c1-17-14-5-3-2-4-12(14)13-7-6-11(8-9-16)10-15-13/h2-7,10,16H,8-9H2,1H3. The van der Waals surface area contributed by atoms with Gasteiger partial charge in [0.2, 0.25) is 0 Å². The molecule has 0 amide bonds. The van der Waals surface area contributed by atoms with Gasteiger partial charge in [-0.05, 0) is 30.2 Å². The van der Waals surface area contributed by atoms with E-state index in [4.69, 9.17) is 9.84 Å². The van der Waals surface area contributed by atoms with Gasteiger partial charge in [-0.25, -0.2) is 0 Å². The van der Waals surface area contributed by atoms with Crippen molar-refractivity contribution in [3.05, 3.63) is 48.2 Å². The molecule has 2 rings (SSSR count). The lowest BCUT2D eigenvalue weighted by molar-refractivity contribution is 0.299. The minimum Gasteiger partial charge on any atom is -0.496 e. The van der Waals surface area contributed by atoms with Crippen molar-refractivity contribution in [3.63, 3.8) is 0 Å². The van der Waals surface area contributed by atoms with Crippen LogP contribution in [-0.4, -0.2) is 23.8 Å². The lowest BCUT2D eigenvalue weighted by Crippen LogP contribution is -1.93. The Hall–Kier alpha value is -1.87. The van der Waals surface area contributed by atoms with Crippen molar-refractivity contribution in [1.29, 1.82) is 0 Å². The van der Waals surface area contributed by atoms with Crippen molar-refractivity contribution in [2.45, 2.75) is 6.42 Å². The molecule has 3 heteroatoms. The Morgan fingerprint density at radius 3 is 2.65 bits per heavy atom. The summed E-state index contributed by atoms with van der Waals surface area (Å²) in [6.45, 7) is 0.148. The Labute approximate surface area is 101 Å². The highest BCUT2D eigenvalue weighted by atomic mass is 16.5. The first-order chi connectivity index (χ1) is 8.35. The van der Waals surface area contributed by atoms with Crippen molar-refractivity contribution < 1.29 is 9.84 Å². The molecule has 0 aliphatic carbocycles. The smallest absolute Gasteiger partial charge is 0.128 e. The molecule has 1 heterocycles. The molecule has 1 aromatic carbocycles. The molecule has 88 valence electrons. The first-order valence-corrected chi connectivity index (χ1v) is 5.54. The van der Waals surface area contributed by atoms with E-state index in [9.17, 15) is 0 Å². The molecule has 0 spiro atoms. The van der Waals surface area contributed by atoms with Gasteiger partial charge in [-0.2, -0.15) is 0 Å². The highest BCUT2D eigenvalue weighted by Crippen LogP contribution is 2.27. The van der Waals surface area contributed by atoms with Gasteiger partial charge >= 0.3 is 0 Å². The fraction of sp³-hybridized carbons (Fsp3) is 0.214. The number of pyridine rings is 1. The van der Waals surface area contributed by atoms with Crippen LogP contribution in [0.25, 0.3) is 11.3 Å². The largest absolute Gasteiger partial charge is 0.496 e. The third-order valence-electron chi connectivity index (χ3n) is 2.61. The van der Waals surface area contributed by atoms with E-state index in [-0.39, 0.29) is 6.61 Å². The molecular weight excluding hydrogens is 214 g/mol. The Morgan fingerprint density at radius 2 is 2.00 bits per heavy atom. The quantitative estimate of drug-likeness (QED) is 0.874. The van der Waals surface area contributed by atoms with Gasteiger partial charge in [0.15, 0.2) is 0 Å². The van der Waals surface area contributed by atoms with E-state index in [1.165, 1.54) is 0 Å². The van der Waals surface area contributed by atoms with Crippen molar-refractivity contribution >= 4 is 0 Å². The summed E-state index contributed by atoms with van der Waals surface area (Å²) in [4.78, 5) is 4.39. The Morgan fingerprint density at radius 1 is 1.18 bits per heavy atom. The summed E-state index contributed by atoms with van der Waals surface area (Å²) < 4.78 is 5.30. The number of para-hydroxylation sites is 1. The minimum absolute atomic E-state index is 0.148. The first-order valence-electron chi connectivity index (χ1n) is 5.54. The van der Waals surface area contributed by atoms with Gasteiger partial charge in [-0.15, -0.1) is 0 Å². The van der Waals surface area contributed by atoms with Crippen LogP contribution in [0, 0.1) is 0 Å². The zero-order valence-electron chi connectivity index (χ0n) is 9.76. The van der Waals surface area contributed by atoms with Gasteiger partial charge in [-0.3, -0.25) is 4.98 Å². The molecule has 1 aromatic heterocycles. The van der Waals surface area contributed by atoms with Gasteiger partial charge in [0, 0.05) is 18.4 Å². The summed E-state index contributed by atoms with van der Waals surface area (Å²) in [5, 5.41) is 8.84.